The maximum absolute atomic E-state index is 10.5. The Morgan fingerprint density at radius 2 is 1.93 bits per heavy atom. The molecule has 0 aromatic carbocycles. The first-order valence-electron chi connectivity index (χ1n) is 4.13. The summed E-state index contributed by atoms with van der Waals surface area (Å²) in [6.45, 7) is 2.55. The van der Waals surface area contributed by atoms with Crippen LogP contribution in [0.3, 0.4) is 0 Å². The lowest BCUT2D eigenvalue weighted by molar-refractivity contribution is -0.145. The van der Waals surface area contributed by atoms with Crippen molar-refractivity contribution in [3.63, 3.8) is 0 Å². The van der Waals surface area contributed by atoms with Crippen molar-refractivity contribution in [3.8, 4) is 0 Å². The fourth-order valence-electron chi connectivity index (χ4n) is 0.773. The van der Waals surface area contributed by atoms with E-state index in [1.807, 2.05) is 10.8 Å². The van der Waals surface area contributed by atoms with Gasteiger partial charge in [0.25, 0.3) is 5.97 Å². The summed E-state index contributed by atoms with van der Waals surface area (Å²) in [4.78, 5) is 19.5. The first-order valence-corrected chi connectivity index (χ1v) is 6.62. The maximum Gasteiger partial charge on any atom is 0.302 e. The van der Waals surface area contributed by atoms with E-state index in [9.17, 15) is 4.79 Å². The minimum absolute atomic E-state index is 0.155. The number of carboxylic acid groups (broad SMARTS) is 1. The number of carboxylic acids is 1. The van der Waals surface area contributed by atoms with E-state index in [2.05, 4.69) is 0 Å². The van der Waals surface area contributed by atoms with Crippen LogP contribution in [0.4, 0.5) is 0 Å². The van der Waals surface area contributed by atoms with Crippen molar-refractivity contribution in [2.45, 2.75) is 26.4 Å². The van der Waals surface area contributed by atoms with Crippen LogP contribution in [0.1, 0.15) is 20.3 Å². The largest absolute Gasteiger partial charge is 0.481 e. The Bertz CT molecular complexity index is 186. The number of carbonyl (C=O) groups excluding carboxylic acids is 1. The fraction of sp³-hybridized carbons (Fsp3) is 0.750. The van der Waals surface area contributed by atoms with Crippen LogP contribution in [0.15, 0.2) is 0 Å². The van der Waals surface area contributed by atoms with Crippen molar-refractivity contribution < 1.29 is 19.4 Å². The molecule has 1 atom stereocenters. The standard InChI is InChI=1S/C6H10O2S2.C2H4O2/c1-5(7)8-6-2-3-9-10-4-6;1-2(3)4/h6H,2-4H2,1H3;1H3,(H,3,4). The Morgan fingerprint density at radius 3 is 2.29 bits per heavy atom. The van der Waals surface area contributed by atoms with Crippen molar-refractivity contribution in [3.05, 3.63) is 0 Å². The molecule has 1 saturated heterocycles. The quantitative estimate of drug-likeness (QED) is 0.555. The normalized spacial score (nSPS) is 20.3. The summed E-state index contributed by atoms with van der Waals surface area (Å²) in [5.41, 5.74) is 0. The molecule has 6 heteroatoms. The van der Waals surface area contributed by atoms with E-state index in [-0.39, 0.29) is 12.1 Å². The number of ether oxygens (including phenoxy) is 1. The van der Waals surface area contributed by atoms with Crippen LogP contribution in [0.2, 0.25) is 0 Å². The van der Waals surface area contributed by atoms with E-state index in [1.165, 1.54) is 6.92 Å². The average molecular weight is 238 g/mol. The summed E-state index contributed by atoms with van der Waals surface area (Å²) in [7, 11) is 3.64. The molecule has 0 saturated carbocycles. The molecule has 1 aliphatic heterocycles. The molecular formula is C8H14O4S2. The lowest BCUT2D eigenvalue weighted by Gasteiger charge is -2.19. The molecule has 14 heavy (non-hydrogen) atoms. The Balaban J connectivity index is 0.000000364. The van der Waals surface area contributed by atoms with Gasteiger partial charge in [0.15, 0.2) is 0 Å². The highest BCUT2D eigenvalue weighted by molar-refractivity contribution is 8.76. The second-order valence-electron chi connectivity index (χ2n) is 2.65. The third kappa shape index (κ3) is 9.73. The highest BCUT2D eigenvalue weighted by atomic mass is 33.1. The predicted octanol–water partition coefficient (Wildman–Crippen LogP) is 1.79. The topological polar surface area (TPSA) is 63.6 Å². The van der Waals surface area contributed by atoms with Gasteiger partial charge in [-0.05, 0) is 6.42 Å². The van der Waals surface area contributed by atoms with Crippen LogP contribution in [0, 0.1) is 0 Å². The number of hydrogen-bond donors (Lipinski definition) is 1. The zero-order chi connectivity index (χ0) is 11.0. The molecule has 1 N–H and O–H groups in total. The van der Waals surface area contributed by atoms with Crippen molar-refractivity contribution in [2.75, 3.05) is 11.5 Å². The van der Waals surface area contributed by atoms with Gasteiger partial charge in [0.2, 0.25) is 0 Å². The molecule has 0 aromatic heterocycles. The fourth-order valence-corrected chi connectivity index (χ4v) is 3.12. The third-order valence-corrected chi connectivity index (χ3v) is 3.68. The van der Waals surface area contributed by atoms with Crippen LogP contribution in [-0.4, -0.2) is 34.7 Å². The van der Waals surface area contributed by atoms with Crippen LogP contribution < -0.4 is 0 Å². The number of hydrogen-bond acceptors (Lipinski definition) is 5. The van der Waals surface area contributed by atoms with Gasteiger partial charge in [-0.15, -0.1) is 0 Å². The van der Waals surface area contributed by atoms with Crippen LogP contribution >= 0.6 is 21.6 Å². The summed E-state index contributed by atoms with van der Waals surface area (Å²) in [6.07, 6.45) is 1.18. The van der Waals surface area contributed by atoms with Crippen molar-refractivity contribution in [1.82, 2.24) is 0 Å². The third-order valence-electron chi connectivity index (χ3n) is 1.19. The molecule has 4 nitrogen and oxygen atoms in total. The van der Waals surface area contributed by atoms with E-state index in [0.29, 0.717) is 0 Å². The minimum atomic E-state index is -0.833. The van der Waals surface area contributed by atoms with E-state index in [0.717, 1.165) is 24.9 Å². The van der Waals surface area contributed by atoms with Gasteiger partial charge in [-0.1, -0.05) is 21.6 Å². The monoisotopic (exact) mass is 238 g/mol. The Hall–Kier alpha value is -0.360. The summed E-state index contributed by atoms with van der Waals surface area (Å²) in [5.74, 6) is 1.06. The minimum Gasteiger partial charge on any atom is -0.481 e. The summed E-state index contributed by atoms with van der Waals surface area (Å²) in [5, 5.41) is 7.42. The first-order chi connectivity index (χ1) is 6.52. The van der Waals surface area contributed by atoms with Gasteiger partial charge in [0, 0.05) is 25.4 Å². The molecule has 0 amide bonds. The number of rotatable bonds is 1. The Kier molecular flexibility index (Phi) is 7.78. The SMILES string of the molecule is CC(=O)O.CC(=O)OC1CCSSC1. The zero-order valence-corrected chi connectivity index (χ0v) is 9.82. The molecule has 1 fully saturated rings. The Labute approximate surface area is 91.2 Å². The number of aliphatic carboxylic acids is 1. The average Bonchev–Trinajstić information content (AvgIpc) is 2.03. The van der Waals surface area contributed by atoms with E-state index < -0.39 is 5.97 Å². The molecule has 1 rings (SSSR count). The molecule has 1 aliphatic rings. The zero-order valence-electron chi connectivity index (χ0n) is 8.19. The summed E-state index contributed by atoms with van der Waals surface area (Å²) < 4.78 is 5.02. The van der Waals surface area contributed by atoms with Gasteiger partial charge in [0.1, 0.15) is 6.10 Å². The second kappa shape index (κ2) is 7.99. The van der Waals surface area contributed by atoms with Crippen molar-refractivity contribution in [1.29, 1.82) is 0 Å². The molecule has 0 spiro atoms. The highest BCUT2D eigenvalue weighted by Gasteiger charge is 2.16. The second-order valence-corrected chi connectivity index (χ2v) is 5.27. The van der Waals surface area contributed by atoms with Crippen molar-refractivity contribution >= 4 is 33.5 Å². The highest BCUT2D eigenvalue weighted by Crippen LogP contribution is 2.30. The first kappa shape index (κ1) is 13.6. The van der Waals surface area contributed by atoms with Gasteiger partial charge >= 0.3 is 5.97 Å². The molecule has 1 unspecified atom stereocenters. The molecule has 1 heterocycles. The van der Waals surface area contributed by atoms with Crippen molar-refractivity contribution in [2.24, 2.45) is 0 Å². The molecule has 0 radical (unpaired) electrons. The van der Waals surface area contributed by atoms with E-state index in [4.69, 9.17) is 14.6 Å². The van der Waals surface area contributed by atoms with E-state index >= 15 is 0 Å². The molecule has 0 bridgehead atoms. The lowest BCUT2D eigenvalue weighted by Crippen LogP contribution is -2.21. The van der Waals surface area contributed by atoms with Crippen LogP contribution in [0.25, 0.3) is 0 Å². The predicted molar refractivity (Wildman–Crippen MR) is 58.4 cm³/mol. The number of carbonyl (C=O) groups is 2. The van der Waals surface area contributed by atoms with Crippen LogP contribution in [-0.2, 0) is 14.3 Å². The van der Waals surface area contributed by atoms with Gasteiger partial charge in [0.05, 0.1) is 0 Å². The maximum atomic E-state index is 10.5. The smallest absolute Gasteiger partial charge is 0.302 e. The van der Waals surface area contributed by atoms with Gasteiger partial charge < -0.3 is 9.84 Å². The summed E-state index contributed by atoms with van der Waals surface area (Å²) in [6, 6.07) is 0. The van der Waals surface area contributed by atoms with E-state index in [1.54, 1.807) is 10.8 Å². The molecule has 0 aromatic rings. The Morgan fingerprint density at radius 1 is 1.36 bits per heavy atom. The van der Waals surface area contributed by atoms with Gasteiger partial charge in [-0.25, -0.2) is 0 Å². The van der Waals surface area contributed by atoms with Gasteiger partial charge in [-0.3, -0.25) is 9.59 Å². The lowest BCUT2D eigenvalue weighted by atomic mass is 10.3. The number of esters is 1. The summed E-state index contributed by atoms with van der Waals surface area (Å²) >= 11 is 0. The molecular weight excluding hydrogens is 224 g/mol. The van der Waals surface area contributed by atoms with Crippen LogP contribution in [0.5, 0.6) is 0 Å². The molecule has 0 aliphatic carbocycles. The molecule has 82 valence electrons. The van der Waals surface area contributed by atoms with Gasteiger partial charge in [-0.2, -0.15) is 0 Å².